The molecule has 0 aromatic rings. The second-order valence-electron chi connectivity index (χ2n) is 6.10. The summed E-state index contributed by atoms with van der Waals surface area (Å²) in [5, 5.41) is 0. The van der Waals surface area contributed by atoms with E-state index in [2.05, 4.69) is 27.7 Å². The second-order valence-corrected chi connectivity index (χ2v) is 6.10. The predicted octanol–water partition coefficient (Wildman–Crippen LogP) is 3.75. The molecule has 106 valence electrons. The van der Waals surface area contributed by atoms with Gasteiger partial charge in [-0.05, 0) is 24.7 Å². The Balaban J connectivity index is 4.35. The number of rotatable bonds is 7. The molecule has 0 aliphatic carbocycles. The monoisotopic (exact) mass is 256 g/mol. The molecule has 2 atom stereocenters. The van der Waals surface area contributed by atoms with Gasteiger partial charge in [-0.1, -0.05) is 41.0 Å². The second kappa shape index (κ2) is 7.55. The third-order valence-electron chi connectivity index (χ3n) is 3.40. The number of hydrogen-bond acceptors (Lipinski definition) is 3. The third kappa shape index (κ3) is 6.77. The summed E-state index contributed by atoms with van der Waals surface area (Å²) in [7, 11) is 0. The molecule has 0 aliphatic heterocycles. The maximum atomic E-state index is 11.9. The Morgan fingerprint density at radius 1 is 1.06 bits per heavy atom. The molecule has 0 radical (unpaired) electrons. The lowest BCUT2D eigenvalue weighted by Gasteiger charge is -2.29. The van der Waals surface area contributed by atoms with Crippen LogP contribution in [0.1, 0.15) is 67.2 Å². The van der Waals surface area contributed by atoms with Gasteiger partial charge in [-0.15, -0.1) is 0 Å². The lowest BCUT2D eigenvalue weighted by atomic mass is 9.77. The molecule has 0 heterocycles. The van der Waals surface area contributed by atoms with Gasteiger partial charge in [-0.2, -0.15) is 0 Å². The highest BCUT2D eigenvalue weighted by Crippen LogP contribution is 2.31. The van der Waals surface area contributed by atoms with Crippen LogP contribution >= 0.6 is 0 Å². The molecule has 0 saturated heterocycles. The molecule has 18 heavy (non-hydrogen) atoms. The van der Waals surface area contributed by atoms with E-state index in [0.717, 1.165) is 6.42 Å². The van der Waals surface area contributed by atoms with E-state index in [4.69, 9.17) is 4.74 Å². The first-order valence-electron chi connectivity index (χ1n) is 6.89. The molecule has 0 spiro atoms. The SMILES string of the molecule is CCC(CC(C)=O)OC(=O)CC(CC)C(C)(C)C. The summed E-state index contributed by atoms with van der Waals surface area (Å²) >= 11 is 0. The van der Waals surface area contributed by atoms with Crippen molar-refractivity contribution in [3.63, 3.8) is 0 Å². The van der Waals surface area contributed by atoms with Gasteiger partial charge in [0.25, 0.3) is 0 Å². The summed E-state index contributed by atoms with van der Waals surface area (Å²) < 4.78 is 5.38. The first-order chi connectivity index (χ1) is 8.20. The first-order valence-corrected chi connectivity index (χ1v) is 6.89. The largest absolute Gasteiger partial charge is 0.462 e. The van der Waals surface area contributed by atoms with Gasteiger partial charge in [-0.25, -0.2) is 0 Å². The van der Waals surface area contributed by atoms with Crippen LogP contribution in [0.2, 0.25) is 0 Å². The fourth-order valence-electron chi connectivity index (χ4n) is 2.09. The molecule has 0 aromatic heterocycles. The maximum absolute atomic E-state index is 11.9. The maximum Gasteiger partial charge on any atom is 0.306 e. The van der Waals surface area contributed by atoms with Gasteiger partial charge in [0, 0.05) is 12.8 Å². The topological polar surface area (TPSA) is 43.4 Å². The number of ketones is 1. The molecular formula is C15H28O3. The van der Waals surface area contributed by atoms with Crippen LogP contribution in [0.4, 0.5) is 0 Å². The molecule has 0 amide bonds. The Bertz CT molecular complexity index is 276. The van der Waals surface area contributed by atoms with Gasteiger partial charge >= 0.3 is 5.97 Å². The van der Waals surface area contributed by atoms with Crippen LogP contribution < -0.4 is 0 Å². The van der Waals surface area contributed by atoms with Crippen molar-refractivity contribution in [1.29, 1.82) is 0 Å². The van der Waals surface area contributed by atoms with Crippen molar-refractivity contribution in [2.24, 2.45) is 11.3 Å². The third-order valence-corrected chi connectivity index (χ3v) is 3.40. The van der Waals surface area contributed by atoms with Crippen molar-refractivity contribution < 1.29 is 14.3 Å². The Morgan fingerprint density at radius 2 is 1.61 bits per heavy atom. The summed E-state index contributed by atoms with van der Waals surface area (Å²) in [5.41, 5.74) is 0.107. The smallest absolute Gasteiger partial charge is 0.306 e. The number of carbonyl (C=O) groups excluding carboxylic acids is 2. The average Bonchev–Trinajstić information content (AvgIpc) is 2.22. The summed E-state index contributed by atoms with van der Waals surface area (Å²) in [6.45, 7) is 12.0. The Morgan fingerprint density at radius 3 is 1.94 bits per heavy atom. The van der Waals surface area contributed by atoms with Crippen molar-refractivity contribution in [3.05, 3.63) is 0 Å². The standard InChI is InChI=1S/C15H28O3/c1-7-12(15(4,5)6)10-14(17)18-13(8-2)9-11(3)16/h12-13H,7-10H2,1-6H3. The normalized spacial score (nSPS) is 15.0. The molecule has 0 saturated carbocycles. The number of esters is 1. The Kier molecular flexibility index (Phi) is 7.19. The van der Waals surface area contributed by atoms with E-state index >= 15 is 0 Å². The number of hydrogen-bond donors (Lipinski definition) is 0. The van der Waals surface area contributed by atoms with Gasteiger partial charge in [0.05, 0.1) is 0 Å². The molecule has 0 aliphatic rings. The number of Topliss-reactive ketones (excluding diaryl/α,β-unsaturated/α-hetero) is 1. The Labute approximate surface area is 111 Å². The fraction of sp³-hybridized carbons (Fsp3) is 0.867. The predicted molar refractivity (Wildman–Crippen MR) is 73.3 cm³/mol. The molecule has 2 unspecified atom stereocenters. The molecule has 0 bridgehead atoms. The van der Waals surface area contributed by atoms with Crippen molar-refractivity contribution in [3.8, 4) is 0 Å². The van der Waals surface area contributed by atoms with Crippen molar-refractivity contribution in [2.45, 2.75) is 73.3 Å². The minimum atomic E-state index is -0.257. The summed E-state index contributed by atoms with van der Waals surface area (Å²) in [4.78, 5) is 22.9. The van der Waals surface area contributed by atoms with E-state index in [1.165, 1.54) is 6.92 Å². The van der Waals surface area contributed by atoms with Crippen LogP contribution in [0.5, 0.6) is 0 Å². The summed E-state index contributed by atoms with van der Waals surface area (Å²) in [6, 6.07) is 0. The van der Waals surface area contributed by atoms with Gasteiger partial charge in [0.2, 0.25) is 0 Å². The van der Waals surface area contributed by atoms with Crippen LogP contribution in [0, 0.1) is 11.3 Å². The first kappa shape index (κ1) is 17.1. The van der Waals surface area contributed by atoms with E-state index in [1.807, 2.05) is 6.92 Å². The highest BCUT2D eigenvalue weighted by molar-refractivity contribution is 5.76. The molecule has 0 aromatic carbocycles. The number of ether oxygens (including phenoxy) is 1. The van der Waals surface area contributed by atoms with E-state index in [-0.39, 0.29) is 23.3 Å². The quantitative estimate of drug-likeness (QED) is 0.651. The fourth-order valence-corrected chi connectivity index (χ4v) is 2.09. The molecule has 0 rings (SSSR count). The van der Waals surface area contributed by atoms with Crippen LogP contribution in [-0.4, -0.2) is 17.9 Å². The summed E-state index contributed by atoms with van der Waals surface area (Å²) in [6.07, 6.45) is 2.16. The van der Waals surface area contributed by atoms with Gasteiger partial charge < -0.3 is 4.74 Å². The zero-order valence-electron chi connectivity index (χ0n) is 12.7. The van der Waals surface area contributed by atoms with Crippen molar-refractivity contribution in [1.82, 2.24) is 0 Å². The minimum absolute atomic E-state index is 0.0671. The average molecular weight is 256 g/mol. The molecule has 0 N–H and O–H groups in total. The van der Waals surface area contributed by atoms with Crippen LogP contribution in [0.3, 0.4) is 0 Å². The molecular weight excluding hydrogens is 228 g/mol. The Hall–Kier alpha value is -0.860. The minimum Gasteiger partial charge on any atom is -0.462 e. The zero-order valence-corrected chi connectivity index (χ0v) is 12.7. The lowest BCUT2D eigenvalue weighted by Crippen LogP contribution is -2.26. The highest BCUT2D eigenvalue weighted by Gasteiger charge is 2.27. The highest BCUT2D eigenvalue weighted by atomic mass is 16.5. The van der Waals surface area contributed by atoms with Crippen molar-refractivity contribution in [2.75, 3.05) is 0 Å². The molecule has 0 fully saturated rings. The van der Waals surface area contributed by atoms with E-state index in [0.29, 0.717) is 25.2 Å². The van der Waals surface area contributed by atoms with E-state index in [9.17, 15) is 9.59 Å². The van der Waals surface area contributed by atoms with Gasteiger partial charge in [0.15, 0.2) is 0 Å². The van der Waals surface area contributed by atoms with E-state index in [1.54, 1.807) is 0 Å². The molecule has 3 heteroatoms. The van der Waals surface area contributed by atoms with Gasteiger partial charge in [0.1, 0.15) is 11.9 Å². The zero-order chi connectivity index (χ0) is 14.3. The van der Waals surface area contributed by atoms with Crippen LogP contribution in [0.25, 0.3) is 0 Å². The lowest BCUT2D eigenvalue weighted by molar-refractivity contribution is -0.152. The number of carbonyl (C=O) groups is 2. The van der Waals surface area contributed by atoms with Crippen LogP contribution in [0.15, 0.2) is 0 Å². The van der Waals surface area contributed by atoms with Crippen molar-refractivity contribution >= 4 is 11.8 Å². The van der Waals surface area contributed by atoms with E-state index < -0.39 is 0 Å². The van der Waals surface area contributed by atoms with Gasteiger partial charge in [-0.3, -0.25) is 9.59 Å². The summed E-state index contributed by atoms with van der Waals surface area (Å²) in [5.74, 6) is 0.210. The van der Waals surface area contributed by atoms with Crippen LogP contribution in [-0.2, 0) is 14.3 Å². The molecule has 3 nitrogen and oxygen atoms in total.